The van der Waals surface area contributed by atoms with E-state index in [4.69, 9.17) is 18.9 Å². The molecule has 0 amide bonds. The van der Waals surface area contributed by atoms with E-state index < -0.39 is 23.8 Å². The van der Waals surface area contributed by atoms with Crippen molar-refractivity contribution >= 4 is 5.97 Å². The Morgan fingerprint density at radius 2 is 2.13 bits per heavy atom. The number of hydrogen-bond donors (Lipinski definition) is 1. The van der Waals surface area contributed by atoms with Crippen molar-refractivity contribution in [2.75, 3.05) is 6.61 Å². The summed E-state index contributed by atoms with van der Waals surface area (Å²) in [5.74, 6) is -0.181. The van der Waals surface area contributed by atoms with Crippen molar-refractivity contribution in [3.8, 4) is 0 Å². The molecule has 2 heterocycles. The van der Waals surface area contributed by atoms with E-state index in [9.17, 15) is 9.90 Å². The third-order valence-electron chi connectivity index (χ3n) is 5.64. The maximum atomic E-state index is 11.5. The van der Waals surface area contributed by atoms with Crippen LogP contribution in [0.3, 0.4) is 0 Å². The van der Waals surface area contributed by atoms with Gasteiger partial charge in [-0.15, -0.1) is 0 Å². The van der Waals surface area contributed by atoms with E-state index in [-0.39, 0.29) is 23.9 Å². The average Bonchev–Trinajstić information content (AvgIpc) is 2.94. The molecule has 4 fully saturated rings. The van der Waals surface area contributed by atoms with Crippen molar-refractivity contribution < 1.29 is 28.8 Å². The predicted octanol–water partition coefficient (Wildman–Crippen LogP) is 1.37. The highest BCUT2D eigenvalue weighted by Crippen LogP contribution is 2.62. The molecule has 4 rings (SSSR count). The van der Waals surface area contributed by atoms with Crippen LogP contribution in [0.4, 0.5) is 0 Å². The van der Waals surface area contributed by atoms with E-state index in [1.807, 2.05) is 19.9 Å². The third kappa shape index (κ3) is 2.27. The van der Waals surface area contributed by atoms with Gasteiger partial charge in [0.1, 0.15) is 11.7 Å². The predicted molar refractivity (Wildman–Crippen MR) is 79.1 cm³/mol. The minimum absolute atomic E-state index is 0.214. The number of ether oxygens (including phenoxy) is 4. The highest BCUT2D eigenvalue weighted by molar-refractivity contribution is 5.81. The Morgan fingerprint density at radius 3 is 2.87 bits per heavy atom. The van der Waals surface area contributed by atoms with Crippen LogP contribution < -0.4 is 0 Å². The van der Waals surface area contributed by atoms with E-state index >= 15 is 0 Å². The zero-order valence-corrected chi connectivity index (χ0v) is 13.7. The SMILES string of the molecule is CCOC(=O)/C=C/C1C[C@@H]2C[C@@]3(O)[C@H](O[C@@H]4OC(C)(C)O[C@@H]43)[C@H]12. The molecule has 23 heavy (non-hydrogen) atoms. The molecule has 4 aliphatic rings. The number of esters is 1. The molecule has 0 aromatic rings. The Morgan fingerprint density at radius 1 is 1.35 bits per heavy atom. The van der Waals surface area contributed by atoms with Crippen molar-refractivity contribution in [1.29, 1.82) is 0 Å². The van der Waals surface area contributed by atoms with Gasteiger partial charge in [0.2, 0.25) is 0 Å². The van der Waals surface area contributed by atoms with Gasteiger partial charge in [0.05, 0.1) is 12.7 Å². The van der Waals surface area contributed by atoms with Crippen LogP contribution in [-0.4, -0.2) is 47.6 Å². The van der Waals surface area contributed by atoms with Gasteiger partial charge in [0.15, 0.2) is 12.1 Å². The van der Waals surface area contributed by atoms with Crippen LogP contribution in [0.15, 0.2) is 12.2 Å². The molecule has 6 heteroatoms. The number of allylic oxidation sites excluding steroid dienone is 1. The Bertz CT molecular complexity index is 543. The lowest BCUT2D eigenvalue weighted by molar-refractivity contribution is -0.231. The molecule has 2 saturated heterocycles. The lowest BCUT2D eigenvalue weighted by Crippen LogP contribution is -2.47. The van der Waals surface area contributed by atoms with Gasteiger partial charge in [-0.3, -0.25) is 0 Å². The monoisotopic (exact) mass is 324 g/mol. The summed E-state index contributed by atoms with van der Waals surface area (Å²) >= 11 is 0. The first-order chi connectivity index (χ1) is 10.8. The summed E-state index contributed by atoms with van der Waals surface area (Å²) in [6, 6.07) is 0. The van der Waals surface area contributed by atoms with Crippen LogP contribution in [-0.2, 0) is 23.7 Å². The van der Waals surface area contributed by atoms with Gasteiger partial charge >= 0.3 is 5.97 Å². The van der Waals surface area contributed by atoms with Crippen molar-refractivity contribution in [2.45, 2.75) is 63.5 Å². The van der Waals surface area contributed by atoms with Crippen molar-refractivity contribution in [1.82, 2.24) is 0 Å². The van der Waals surface area contributed by atoms with Gasteiger partial charge in [-0.25, -0.2) is 4.79 Å². The molecule has 6 nitrogen and oxygen atoms in total. The largest absolute Gasteiger partial charge is 0.463 e. The minimum Gasteiger partial charge on any atom is -0.463 e. The summed E-state index contributed by atoms with van der Waals surface area (Å²) in [4.78, 5) is 11.5. The number of hydrogen-bond acceptors (Lipinski definition) is 6. The first-order valence-corrected chi connectivity index (χ1v) is 8.42. The standard InChI is InChI=1S/C17H24O6/c1-4-20-11(18)6-5-9-7-10-8-17(19)13(12(9)10)21-15-14(17)22-16(2,3)23-15/h5-6,9-10,12-15,19H,4,7-8H2,1-3H3/b6-5+/t9?,10-,12-,13-,14+,15-,17-/m1/s1. The molecule has 128 valence electrons. The van der Waals surface area contributed by atoms with Crippen LogP contribution >= 0.6 is 0 Å². The number of carbonyl (C=O) groups excluding carboxylic acids is 1. The lowest BCUT2D eigenvalue weighted by Gasteiger charge is -2.41. The van der Waals surface area contributed by atoms with Crippen LogP contribution in [0, 0.1) is 17.8 Å². The van der Waals surface area contributed by atoms with E-state index in [0.717, 1.165) is 6.42 Å². The number of aliphatic hydroxyl groups is 1. The normalized spacial score (nSPS) is 49.6. The quantitative estimate of drug-likeness (QED) is 0.624. The van der Waals surface area contributed by atoms with E-state index in [1.165, 1.54) is 6.08 Å². The number of rotatable bonds is 3. The summed E-state index contributed by atoms with van der Waals surface area (Å²) in [6.07, 6.45) is 3.81. The molecule has 0 bridgehead atoms. The van der Waals surface area contributed by atoms with Crippen LogP contribution in [0.2, 0.25) is 0 Å². The maximum absolute atomic E-state index is 11.5. The highest BCUT2D eigenvalue weighted by atomic mass is 16.8. The number of fused-ring (bicyclic) bond motifs is 5. The Labute approximate surface area is 135 Å². The summed E-state index contributed by atoms with van der Waals surface area (Å²) in [5.41, 5.74) is -0.986. The fraction of sp³-hybridized carbons (Fsp3) is 0.824. The minimum atomic E-state index is -0.986. The van der Waals surface area contributed by atoms with E-state index in [2.05, 4.69) is 0 Å². The van der Waals surface area contributed by atoms with Gasteiger partial charge in [0.25, 0.3) is 0 Å². The second-order valence-electron chi connectivity index (χ2n) is 7.52. The summed E-state index contributed by atoms with van der Waals surface area (Å²) in [5, 5.41) is 11.1. The molecule has 0 aromatic carbocycles. The van der Waals surface area contributed by atoms with E-state index in [0.29, 0.717) is 18.9 Å². The van der Waals surface area contributed by atoms with Crippen LogP contribution in [0.5, 0.6) is 0 Å². The molecule has 1 N–H and O–H groups in total. The smallest absolute Gasteiger partial charge is 0.330 e. The molecular formula is C17H24O6. The lowest BCUT2D eigenvalue weighted by atomic mass is 9.66. The van der Waals surface area contributed by atoms with Crippen LogP contribution in [0.25, 0.3) is 0 Å². The Hall–Kier alpha value is -0.950. The second kappa shape index (κ2) is 5.02. The first kappa shape index (κ1) is 15.6. The fourth-order valence-electron chi connectivity index (χ4n) is 4.78. The summed E-state index contributed by atoms with van der Waals surface area (Å²) in [6.45, 7) is 5.83. The van der Waals surface area contributed by atoms with Crippen molar-refractivity contribution in [3.63, 3.8) is 0 Å². The van der Waals surface area contributed by atoms with Gasteiger partial charge in [-0.1, -0.05) is 6.08 Å². The molecule has 1 unspecified atom stereocenters. The third-order valence-corrected chi connectivity index (χ3v) is 5.64. The molecule has 0 spiro atoms. The zero-order chi connectivity index (χ0) is 16.4. The van der Waals surface area contributed by atoms with Gasteiger partial charge in [0, 0.05) is 6.08 Å². The van der Waals surface area contributed by atoms with Gasteiger partial charge in [-0.05, 0) is 51.4 Å². The Kier molecular flexibility index (Phi) is 3.40. The summed E-state index contributed by atoms with van der Waals surface area (Å²) in [7, 11) is 0. The topological polar surface area (TPSA) is 74.2 Å². The molecule has 2 aliphatic heterocycles. The Balaban J connectivity index is 1.47. The molecule has 2 aliphatic carbocycles. The maximum Gasteiger partial charge on any atom is 0.330 e. The second-order valence-corrected chi connectivity index (χ2v) is 7.52. The first-order valence-electron chi connectivity index (χ1n) is 8.42. The molecule has 0 aromatic heterocycles. The van der Waals surface area contributed by atoms with Gasteiger partial charge < -0.3 is 24.1 Å². The summed E-state index contributed by atoms with van der Waals surface area (Å²) < 4.78 is 22.6. The molecule has 7 atom stereocenters. The van der Waals surface area contributed by atoms with Crippen molar-refractivity contribution in [3.05, 3.63) is 12.2 Å². The molecular weight excluding hydrogens is 300 g/mol. The zero-order valence-electron chi connectivity index (χ0n) is 13.7. The van der Waals surface area contributed by atoms with Gasteiger partial charge in [-0.2, -0.15) is 0 Å². The van der Waals surface area contributed by atoms with Crippen LogP contribution in [0.1, 0.15) is 33.6 Å². The van der Waals surface area contributed by atoms with Crippen molar-refractivity contribution in [2.24, 2.45) is 17.8 Å². The fourth-order valence-corrected chi connectivity index (χ4v) is 4.78. The average molecular weight is 324 g/mol. The highest BCUT2D eigenvalue weighted by Gasteiger charge is 2.72. The molecule has 2 saturated carbocycles. The molecule has 0 radical (unpaired) electrons. The van der Waals surface area contributed by atoms with E-state index in [1.54, 1.807) is 6.92 Å². The number of carbonyl (C=O) groups is 1.